The first-order chi connectivity index (χ1) is 11.6. The molecule has 5 nitrogen and oxygen atoms in total. The van der Waals surface area contributed by atoms with Gasteiger partial charge in [0.2, 0.25) is 0 Å². The Bertz CT molecular complexity index is 779. The number of benzene rings is 1. The summed E-state index contributed by atoms with van der Waals surface area (Å²) in [6.45, 7) is 7.86. The van der Waals surface area contributed by atoms with Gasteiger partial charge < -0.3 is 9.88 Å². The Morgan fingerprint density at radius 2 is 1.92 bits per heavy atom. The van der Waals surface area contributed by atoms with Crippen LogP contribution >= 0.6 is 11.6 Å². The van der Waals surface area contributed by atoms with E-state index in [0.29, 0.717) is 0 Å². The second kappa shape index (κ2) is 7.18. The molecule has 0 saturated carbocycles. The zero-order chi connectivity index (χ0) is 17.1. The fraction of sp³-hybridized carbons (Fsp3) is 0.389. The quantitative estimate of drug-likeness (QED) is 0.727. The number of aromatic nitrogens is 4. The highest BCUT2D eigenvalue weighted by atomic mass is 35.5. The van der Waals surface area contributed by atoms with Crippen LogP contribution in [0.1, 0.15) is 38.1 Å². The number of nitrogens with one attached hydrogen (secondary N) is 1. The smallest absolute Gasteiger partial charge is 0.165 e. The van der Waals surface area contributed by atoms with Crippen LogP contribution in [0, 0.1) is 0 Å². The van der Waals surface area contributed by atoms with Gasteiger partial charge in [-0.15, -0.1) is 0 Å². The highest BCUT2D eigenvalue weighted by Gasteiger charge is 2.21. The number of nitrogens with zero attached hydrogens (tertiary/aromatic N) is 4. The van der Waals surface area contributed by atoms with Crippen molar-refractivity contribution in [3.63, 3.8) is 0 Å². The third kappa shape index (κ3) is 3.51. The Balaban J connectivity index is 1.89. The van der Waals surface area contributed by atoms with Gasteiger partial charge in [0, 0.05) is 24.0 Å². The second-order valence-electron chi connectivity index (χ2n) is 6.10. The number of hydrogen-bond donors (Lipinski definition) is 1. The van der Waals surface area contributed by atoms with Crippen LogP contribution in [0.3, 0.4) is 0 Å². The highest BCUT2D eigenvalue weighted by molar-refractivity contribution is 6.30. The summed E-state index contributed by atoms with van der Waals surface area (Å²) in [6.07, 6.45) is 2.73. The van der Waals surface area contributed by atoms with Crippen LogP contribution in [0.2, 0.25) is 5.02 Å². The molecule has 1 aromatic rings. The molecule has 2 aliphatic rings. The lowest BCUT2D eigenvalue weighted by Crippen LogP contribution is -2.11. The summed E-state index contributed by atoms with van der Waals surface area (Å²) in [5.74, 6) is 2.84. The van der Waals surface area contributed by atoms with Gasteiger partial charge in [-0.3, -0.25) is 0 Å². The molecule has 6 heteroatoms. The zero-order valence-electron chi connectivity index (χ0n) is 14.3. The Hall–Kier alpha value is -2.14. The van der Waals surface area contributed by atoms with Gasteiger partial charge in [0.15, 0.2) is 17.3 Å². The summed E-state index contributed by atoms with van der Waals surface area (Å²) in [5.41, 5.74) is 2.08. The molecular weight excluding hydrogens is 322 g/mol. The summed E-state index contributed by atoms with van der Waals surface area (Å²) in [6, 6.07) is 7.94. The molecule has 0 amide bonds. The van der Waals surface area contributed by atoms with E-state index in [1.54, 1.807) is 0 Å². The van der Waals surface area contributed by atoms with E-state index in [4.69, 9.17) is 16.6 Å². The van der Waals surface area contributed by atoms with Crippen molar-refractivity contribution in [1.82, 2.24) is 19.5 Å². The maximum atomic E-state index is 5.95. The molecule has 0 aliphatic carbocycles. The van der Waals surface area contributed by atoms with Crippen molar-refractivity contribution >= 4 is 17.4 Å². The first-order valence-electron chi connectivity index (χ1n) is 8.29. The Morgan fingerprint density at radius 1 is 1.17 bits per heavy atom. The topological polar surface area (TPSA) is 55.6 Å². The lowest BCUT2D eigenvalue weighted by Gasteiger charge is -2.13. The fourth-order valence-electron chi connectivity index (χ4n) is 2.57. The summed E-state index contributed by atoms with van der Waals surface area (Å²) in [4.78, 5) is 13.9. The second-order valence-corrected chi connectivity index (χ2v) is 6.54. The molecule has 2 heterocycles. The van der Waals surface area contributed by atoms with E-state index in [2.05, 4.69) is 52.8 Å². The van der Waals surface area contributed by atoms with Crippen LogP contribution in [-0.4, -0.2) is 26.1 Å². The number of rotatable bonds is 6. The van der Waals surface area contributed by atoms with Crippen LogP contribution in [0.4, 0.5) is 5.82 Å². The maximum Gasteiger partial charge on any atom is 0.165 e. The SMILES string of the molecule is CCNc1ncn(CCc2ccc(Cl)cc2)c2nc(C(C)C)nc1-2. The van der Waals surface area contributed by atoms with Gasteiger partial charge in [0.05, 0.1) is 6.33 Å². The van der Waals surface area contributed by atoms with Gasteiger partial charge in [0.1, 0.15) is 5.82 Å². The van der Waals surface area contributed by atoms with Crippen LogP contribution < -0.4 is 5.32 Å². The molecule has 0 fully saturated rings. The van der Waals surface area contributed by atoms with Gasteiger partial charge in [-0.2, -0.15) is 0 Å². The molecule has 126 valence electrons. The molecular formula is C18H22ClN5. The van der Waals surface area contributed by atoms with E-state index in [1.807, 2.05) is 18.5 Å². The maximum absolute atomic E-state index is 5.95. The Kier molecular flexibility index (Phi) is 5.00. The molecule has 0 unspecified atom stereocenters. The largest absolute Gasteiger partial charge is 0.368 e. The molecule has 24 heavy (non-hydrogen) atoms. The number of fused-ring (bicyclic) bond motifs is 1. The normalized spacial score (nSPS) is 11.4. The fourth-order valence-corrected chi connectivity index (χ4v) is 2.70. The number of halogens is 1. The van der Waals surface area contributed by atoms with Crippen LogP contribution in [-0.2, 0) is 13.0 Å². The molecule has 0 bridgehead atoms. The van der Waals surface area contributed by atoms with Crippen LogP contribution in [0.25, 0.3) is 11.5 Å². The first-order valence-corrected chi connectivity index (χ1v) is 8.67. The van der Waals surface area contributed by atoms with E-state index < -0.39 is 0 Å². The van der Waals surface area contributed by atoms with Gasteiger partial charge in [-0.05, 0) is 31.0 Å². The average Bonchev–Trinajstić information content (AvgIpc) is 3.02. The molecule has 1 aromatic carbocycles. The predicted octanol–water partition coefficient (Wildman–Crippen LogP) is 4.23. The average molecular weight is 344 g/mol. The molecule has 0 aromatic heterocycles. The molecule has 2 aliphatic heterocycles. The third-order valence-electron chi connectivity index (χ3n) is 3.90. The predicted molar refractivity (Wildman–Crippen MR) is 97.8 cm³/mol. The Labute approximate surface area is 147 Å². The van der Waals surface area contributed by atoms with E-state index >= 15 is 0 Å². The number of aryl methyl sites for hydroxylation is 2. The minimum atomic E-state index is 0.289. The van der Waals surface area contributed by atoms with Gasteiger partial charge in [-0.1, -0.05) is 37.6 Å². The number of anilines is 1. The van der Waals surface area contributed by atoms with Crippen molar-refractivity contribution in [3.8, 4) is 11.5 Å². The molecule has 0 saturated heterocycles. The van der Waals surface area contributed by atoms with Crippen LogP contribution in [0.15, 0.2) is 30.6 Å². The Morgan fingerprint density at radius 3 is 2.58 bits per heavy atom. The number of hydrogen-bond acceptors (Lipinski definition) is 4. The molecule has 0 atom stereocenters. The summed E-state index contributed by atoms with van der Waals surface area (Å²) < 4.78 is 2.07. The van der Waals surface area contributed by atoms with E-state index in [9.17, 15) is 0 Å². The summed E-state index contributed by atoms with van der Waals surface area (Å²) >= 11 is 5.95. The van der Waals surface area contributed by atoms with Crippen molar-refractivity contribution < 1.29 is 0 Å². The van der Waals surface area contributed by atoms with Crippen molar-refractivity contribution in [3.05, 3.63) is 47.0 Å². The third-order valence-corrected chi connectivity index (χ3v) is 4.15. The molecule has 0 spiro atoms. The molecule has 3 rings (SSSR count). The zero-order valence-corrected chi connectivity index (χ0v) is 15.0. The highest BCUT2D eigenvalue weighted by Crippen LogP contribution is 2.28. The van der Waals surface area contributed by atoms with Gasteiger partial charge in [-0.25, -0.2) is 15.0 Å². The minimum absolute atomic E-state index is 0.289. The van der Waals surface area contributed by atoms with E-state index in [1.165, 1.54) is 5.56 Å². The molecule has 0 radical (unpaired) electrons. The number of imidazole rings is 1. The van der Waals surface area contributed by atoms with E-state index in [-0.39, 0.29) is 5.92 Å². The van der Waals surface area contributed by atoms with Crippen molar-refractivity contribution in [2.24, 2.45) is 0 Å². The lowest BCUT2D eigenvalue weighted by atomic mass is 10.1. The summed E-state index contributed by atoms with van der Waals surface area (Å²) in [7, 11) is 0. The van der Waals surface area contributed by atoms with Crippen LogP contribution in [0.5, 0.6) is 0 Å². The van der Waals surface area contributed by atoms with Crippen molar-refractivity contribution in [1.29, 1.82) is 0 Å². The first kappa shape index (κ1) is 16.7. The molecule has 1 N–H and O–H groups in total. The standard InChI is InChI=1S/C18H22ClN5/c1-4-20-17-15-18(23-16(22-15)12(2)3)24(11-21-17)10-9-13-5-7-14(19)8-6-13/h5-8,11-12,20H,4,9-10H2,1-3H3. The van der Waals surface area contributed by atoms with Crippen molar-refractivity contribution in [2.75, 3.05) is 11.9 Å². The van der Waals surface area contributed by atoms with E-state index in [0.717, 1.165) is 47.7 Å². The summed E-state index contributed by atoms with van der Waals surface area (Å²) in [5, 5.41) is 4.03. The lowest BCUT2D eigenvalue weighted by molar-refractivity contribution is 0.672. The monoisotopic (exact) mass is 343 g/mol. The van der Waals surface area contributed by atoms with Crippen molar-refractivity contribution in [2.45, 2.75) is 39.7 Å². The minimum Gasteiger partial charge on any atom is -0.368 e. The van der Waals surface area contributed by atoms with Gasteiger partial charge >= 0.3 is 0 Å². The van der Waals surface area contributed by atoms with Gasteiger partial charge in [0.25, 0.3) is 0 Å².